The number of hydrogen-bond donors (Lipinski definition) is 2. The number of nitrogens with one attached hydrogen (secondary N) is 1. The van der Waals surface area contributed by atoms with Crippen molar-refractivity contribution in [3.05, 3.63) is 88.6 Å². The van der Waals surface area contributed by atoms with Gasteiger partial charge in [-0.25, -0.2) is 28.1 Å². The van der Waals surface area contributed by atoms with Crippen LogP contribution in [0.1, 0.15) is 12.6 Å². The standard InChI is InChI=1S/C17H12F3NO.C5H5N5/c1-2-12-8-10-4-3-5-13(19)16(10)17(22)21(12)15-7-6-11(18)9-14(15)20;6-4-3-5(9-1-7-3)10-2-8-4/h3-9H,2H2,1H3;1-2H,(H3,6,7,8,9,10). The van der Waals surface area contributed by atoms with Crippen LogP contribution in [0.15, 0.2) is 59.9 Å². The van der Waals surface area contributed by atoms with Crippen LogP contribution in [0.4, 0.5) is 19.0 Å². The SMILES string of the molecule is CCc1cc2cccc(F)c2c(=O)n1-c1ccc(F)cc1F.Nc1ncnc2nc[nH]c12. The average Bonchev–Trinajstić information content (AvgIpc) is 3.25. The Balaban J connectivity index is 0.000000203. The summed E-state index contributed by atoms with van der Waals surface area (Å²) in [5.74, 6) is -1.84. The highest BCUT2D eigenvalue weighted by atomic mass is 19.1. The van der Waals surface area contributed by atoms with Crippen LogP contribution < -0.4 is 11.3 Å². The zero-order chi connectivity index (χ0) is 22.8. The first-order chi connectivity index (χ1) is 15.4. The Kier molecular flexibility index (Phi) is 5.59. The first-order valence-electron chi connectivity index (χ1n) is 9.58. The van der Waals surface area contributed by atoms with Gasteiger partial charge in [-0.15, -0.1) is 0 Å². The first-order valence-corrected chi connectivity index (χ1v) is 9.58. The molecule has 0 fully saturated rings. The topological polar surface area (TPSA) is 102 Å². The molecule has 0 saturated heterocycles. The maximum atomic E-state index is 14.0. The highest BCUT2D eigenvalue weighted by molar-refractivity contribution is 5.83. The number of aryl methyl sites for hydroxylation is 1. The van der Waals surface area contributed by atoms with Crippen molar-refractivity contribution in [2.45, 2.75) is 13.3 Å². The van der Waals surface area contributed by atoms with Crippen LogP contribution in [0.2, 0.25) is 0 Å². The van der Waals surface area contributed by atoms with Gasteiger partial charge in [0, 0.05) is 11.8 Å². The van der Waals surface area contributed by atoms with E-state index >= 15 is 0 Å². The Bertz CT molecular complexity index is 1490. The summed E-state index contributed by atoms with van der Waals surface area (Å²) in [6, 6.07) is 8.91. The molecule has 10 heteroatoms. The average molecular weight is 438 g/mol. The van der Waals surface area contributed by atoms with Gasteiger partial charge in [-0.05, 0) is 36.1 Å². The minimum absolute atomic E-state index is 0.0894. The van der Waals surface area contributed by atoms with Crippen LogP contribution in [0.5, 0.6) is 0 Å². The van der Waals surface area contributed by atoms with Gasteiger partial charge in [0.15, 0.2) is 11.5 Å². The molecule has 0 aliphatic rings. The maximum absolute atomic E-state index is 14.0. The number of nitrogen functional groups attached to an aromatic ring is 1. The largest absolute Gasteiger partial charge is 0.382 e. The number of hydrogen-bond acceptors (Lipinski definition) is 5. The summed E-state index contributed by atoms with van der Waals surface area (Å²) in [6.07, 6.45) is 3.37. The molecule has 162 valence electrons. The van der Waals surface area contributed by atoms with Crippen molar-refractivity contribution in [3.8, 4) is 5.69 Å². The number of benzene rings is 2. The lowest BCUT2D eigenvalue weighted by atomic mass is 10.1. The zero-order valence-corrected chi connectivity index (χ0v) is 16.8. The van der Waals surface area contributed by atoms with Crippen molar-refractivity contribution in [1.82, 2.24) is 24.5 Å². The van der Waals surface area contributed by atoms with Gasteiger partial charge in [-0.2, -0.15) is 0 Å². The molecule has 0 unspecified atom stereocenters. The van der Waals surface area contributed by atoms with Crippen LogP contribution in [0.25, 0.3) is 27.6 Å². The van der Waals surface area contributed by atoms with Gasteiger partial charge in [0.05, 0.1) is 17.4 Å². The van der Waals surface area contributed by atoms with Crippen molar-refractivity contribution in [2.75, 3.05) is 5.73 Å². The van der Waals surface area contributed by atoms with E-state index in [1.165, 1.54) is 30.9 Å². The van der Waals surface area contributed by atoms with E-state index in [-0.39, 0.29) is 11.1 Å². The summed E-state index contributed by atoms with van der Waals surface area (Å²) in [5.41, 5.74) is 6.56. The number of imidazole rings is 1. The second kappa shape index (κ2) is 8.50. The Labute approximate surface area is 179 Å². The van der Waals surface area contributed by atoms with Gasteiger partial charge in [0.25, 0.3) is 5.56 Å². The molecular weight excluding hydrogens is 421 g/mol. The molecule has 0 spiro atoms. The molecule has 0 atom stereocenters. The van der Waals surface area contributed by atoms with Crippen molar-refractivity contribution in [3.63, 3.8) is 0 Å². The van der Waals surface area contributed by atoms with Crippen molar-refractivity contribution in [2.24, 2.45) is 0 Å². The molecule has 3 heterocycles. The van der Waals surface area contributed by atoms with Crippen molar-refractivity contribution < 1.29 is 13.2 Å². The fourth-order valence-electron chi connectivity index (χ4n) is 3.34. The van der Waals surface area contributed by atoms with E-state index in [4.69, 9.17) is 5.73 Å². The molecule has 0 aliphatic carbocycles. The molecule has 3 N–H and O–H groups in total. The summed E-state index contributed by atoms with van der Waals surface area (Å²) in [6.45, 7) is 1.80. The van der Waals surface area contributed by atoms with Crippen LogP contribution >= 0.6 is 0 Å². The quantitative estimate of drug-likeness (QED) is 0.435. The molecule has 5 rings (SSSR count). The monoisotopic (exact) mass is 438 g/mol. The van der Waals surface area contributed by atoms with Crippen LogP contribution in [0, 0.1) is 17.5 Å². The minimum atomic E-state index is -0.868. The molecular formula is C22H17F3N6O. The molecule has 5 aromatic rings. The number of nitrogens with zero attached hydrogens (tertiary/aromatic N) is 4. The zero-order valence-electron chi connectivity index (χ0n) is 16.8. The Morgan fingerprint density at radius 2 is 1.84 bits per heavy atom. The Morgan fingerprint density at radius 1 is 1.03 bits per heavy atom. The lowest BCUT2D eigenvalue weighted by Gasteiger charge is -2.14. The number of pyridine rings is 1. The number of halogens is 3. The Hall–Kier alpha value is -4.21. The number of aromatic nitrogens is 5. The minimum Gasteiger partial charge on any atom is -0.382 e. The molecule has 0 saturated carbocycles. The lowest BCUT2D eigenvalue weighted by Crippen LogP contribution is -2.23. The van der Waals surface area contributed by atoms with Crippen molar-refractivity contribution in [1.29, 1.82) is 0 Å². The van der Waals surface area contributed by atoms with Crippen LogP contribution in [-0.4, -0.2) is 24.5 Å². The third-order valence-corrected chi connectivity index (χ3v) is 4.84. The van der Waals surface area contributed by atoms with E-state index in [9.17, 15) is 18.0 Å². The van der Waals surface area contributed by atoms with Gasteiger partial charge in [0.1, 0.15) is 29.3 Å². The van der Waals surface area contributed by atoms with E-state index in [0.717, 1.165) is 10.6 Å². The number of aromatic amines is 1. The molecule has 0 radical (unpaired) electrons. The van der Waals surface area contributed by atoms with E-state index < -0.39 is 23.0 Å². The van der Waals surface area contributed by atoms with Gasteiger partial charge >= 0.3 is 0 Å². The number of rotatable bonds is 2. The molecule has 0 aliphatic heterocycles. The molecule has 32 heavy (non-hydrogen) atoms. The highest BCUT2D eigenvalue weighted by Crippen LogP contribution is 2.21. The lowest BCUT2D eigenvalue weighted by molar-refractivity contribution is 0.575. The normalized spacial score (nSPS) is 10.9. The second-order valence-electron chi connectivity index (χ2n) is 6.79. The van der Waals surface area contributed by atoms with E-state index in [1.54, 1.807) is 19.1 Å². The third kappa shape index (κ3) is 3.78. The molecule has 0 bridgehead atoms. The second-order valence-corrected chi connectivity index (χ2v) is 6.79. The van der Waals surface area contributed by atoms with E-state index in [0.29, 0.717) is 40.5 Å². The number of nitrogens with two attached hydrogens (primary N) is 1. The van der Waals surface area contributed by atoms with Crippen LogP contribution in [0.3, 0.4) is 0 Å². The summed E-state index contributed by atoms with van der Waals surface area (Å²) < 4.78 is 42.2. The number of H-pyrrole nitrogens is 1. The third-order valence-electron chi connectivity index (χ3n) is 4.84. The fourth-order valence-corrected chi connectivity index (χ4v) is 3.34. The van der Waals surface area contributed by atoms with Gasteiger partial charge in [0.2, 0.25) is 0 Å². The van der Waals surface area contributed by atoms with Gasteiger partial charge in [-0.3, -0.25) is 9.36 Å². The predicted molar refractivity (Wildman–Crippen MR) is 115 cm³/mol. The molecule has 7 nitrogen and oxygen atoms in total. The maximum Gasteiger partial charge on any atom is 0.266 e. The van der Waals surface area contributed by atoms with Gasteiger partial charge < -0.3 is 10.7 Å². The summed E-state index contributed by atoms with van der Waals surface area (Å²) in [7, 11) is 0. The number of anilines is 1. The number of fused-ring (bicyclic) bond motifs is 2. The Morgan fingerprint density at radius 3 is 2.56 bits per heavy atom. The first kappa shape index (κ1) is 21.0. The van der Waals surface area contributed by atoms with Crippen molar-refractivity contribution >= 4 is 27.8 Å². The molecule has 3 aromatic heterocycles. The summed E-state index contributed by atoms with van der Waals surface area (Å²) >= 11 is 0. The highest BCUT2D eigenvalue weighted by Gasteiger charge is 2.16. The van der Waals surface area contributed by atoms with E-state index in [1.807, 2.05) is 0 Å². The molecule has 2 aromatic carbocycles. The molecule has 0 amide bonds. The van der Waals surface area contributed by atoms with E-state index in [2.05, 4.69) is 19.9 Å². The summed E-state index contributed by atoms with van der Waals surface area (Å²) in [4.78, 5) is 27.0. The fraction of sp³-hybridized carbons (Fsp3) is 0.0909. The van der Waals surface area contributed by atoms with Gasteiger partial charge in [-0.1, -0.05) is 19.1 Å². The van der Waals surface area contributed by atoms with Crippen LogP contribution in [-0.2, 0) is 6.42 Å². The smallest absolute Gasteiger partial charge is 0.266 e. The summed E-state index contributed by atoms with van der Waals surface area (Å²) in [5, 5.41) is 0.351. The predicted octanol–water partition coefficient (Wildman–Crippen LogP) is 3.91.